The van der Waals surface area contributed by atoms with E-state index in [1.807, 2.05) is 24.0 Å². The van der Waals surface area contributed by atoms with E-state index in [-0.39, 0.29) is 49.6 Å². The van der Waals surface area contributed by atoms with Crippen molar-refractivity contribution < 1.29 is 18.8 Å². The van der Waals surface area contributed by atoms with Crippen LogP contribution in [0.25, 0.3) is 0 Å². The highest BCUT2D eigenvalue weighted by molar-refractivity contribution is 6.02. The molecule has 3 rings (SSSR count). The smallest absolute Gasteiger partial charge is 0.229 e. The molecular formula is C18H24N2O4. The van der Waals surface area contributed by atoms with Gasteiger partial charge in [-0.15, -0.1) is 0 Å². The lowest BCUT2D eigenvalue weighted by Crippen LogP contribution is -2.38. The van der Waals surface area contributed by atoms with Crippen LogP contribution in [0, 0.1) is 6.92 Å². The van der Waals surface area contributed by atoms with Crippen LogP contribution >= 0.6 is 0 Å². The van der Waals surface area contributed by atoms with Crippen molar-refractivity contribution in [3.63, 3.8) is 0 Å². The summed E-state index contributed by atoms with van der Waals surface area (Å²) in [6.45, 7) is 2.79. The summed E-state index contributed by atoms with van der Waals surface area (Å²) in [5, 5.41) is 0. The molecule has 1 atom stereocenters. The fourth-order valence-electron chi connectivity index (χ4n) is 3.56. The molecule has 6 nitrogen and oxygen atoms in total. The Hall–Kier alpha value is -2.11. The standard InChI is InChI=1S/C18H24N2O4/c1-13-6-7-15(24-13)14-5-3-2-4-11-19(14)18(23)10-12-20-16(21)8-9-17(20)22/h6-7,14H,2-5,8-12H2,1H3/t14-/m0/s1. The zero-order valence-corrected chi connectivity index (χ0v) is 14.1. The van der Waals surface area contributed by atoms with E-state index in [4.69, 9.17) is 4.42 Å². The van der Waals surface area contributed by atoms with Crippen molar-refractivity contribution >= 4 is 17.7 Å². The molecule has 0 saturated carbocycles. The summed E-state index contributed by atoms with van der Waals surface area (Å²) in [7, 11) is 0. The number of hydrogen-bond acceptors (Lipinski definition) is 4. The van der Waals surface area contributed by atoms with Crippen LogP contribution in [0.3, 0.4) is 0 Å². The van der Waals surface area contributed by atoms with Crippen molar-refractivity contribution in [1.29, 1.82) is 0 Å². The van der Waals surface area contributed by atoms with Gasteiger partial charge in [0.05, 0.1) is 6.04 Å². The van der Waals surface area contributed by atoms with Crippen molar-refractivity contribution in [3.8, 4) is 0 Å². The summed E-state index contributed by atoms with van der Waals surface area (Å²) in [6.07, 6.45) is 4.76. The Morgan fingerprint density at radius 1 is 1.17 bits per heavy atom. The van der Waals surface area contributed by atoms with E-state index in [9.17, 15) is 14.4 Å². The second-order valence-electron chi connectivity index (χ2n) is 6.59. The number of likely N-dealkylation sites (tertiary alicyclic amines) is 2. The van der Waals surface area contributed by atoms with Crippen LogP contribution in [0.4, 0.5) is 0 Å². The average molecular weight is 332 g/mol. The van der Waals surface area contributed by atoms with Crippen LogP contribution < -0.4 is 0 Å². The summed E-state index contributed by atoms with van der Waals surface area (Å²) in [6, 6.07) is 3.82. The first-order valence-corrected chi connectivity index (χ1v) is 8.75. The number of imide groups is 1. The first-order chi connectivity index (χ1) is 11.6. The summed E-state index contributed by atoms with van der Waals surface area (Å²) >= 11 is 0. The monoisotopic (exact) mass is 332 g/mol. The minimum Gasteiger partial charge on any atom is -0.464 e. The van der Waals surface area contributed by atoms with Crippen LogP contribution in [0.15, 0.2) is 16.5 Å². The minimum absolute atomic E-state index is 0.0107. The Labute approximate surface area is 141 Å². The van der Waals surface area contributed by atoms with Crippen molar-refractivity contribution in [2.45, 2.75) is 57.9 Å². The number of aryl methyl sites for hydroxylation is 1. The Bertz CT molecular complexity index is 621. The molecule has 130 valence electrons. The van der Waals surface area contributed by atoms with Gasteiger partial charge in [-0.3, -0.25) is 19.3 Å². The van der Waals surface area contributed by atoms with Gasteiger partial charge in [-0.05, 0) is 31.9 Å². The Morgan fingerprint density at radius 2 is 1.92 bits per heavy atom. The van der Waals surface area contributed by atoms with Gasteiger partial charge in [-0.25, -0.2) is 0 Å². The van der Waals surface area contributed by atoms with Crippen LogP contribution in [0.2, 0.25) is 0 Å². The van der Waals surface area contributed by atoms with Crippen LogP contribution in [-0.4, -0.2) is 40.6 Å². The molecule has 2 aliphatic rings. The Morgan fingerprint density at radius 3 is 2.58 bits per heavy atom. The molecule has 2 fully saturated rings. The van der Waals surface area contributed by atoms with Crippen molar-refractivity contribution in [2.75, 3.05) is 13.1 Å². The molecule has 24 heavy (non-hydrogen) atoms. The molecule has 0 bridgehead atoms. The highest BCUT2D eigenvalue weighted by Crippen LogP contribution is 2.31. The topological polar surface area (TPSA) is 70.8 Å². The number of hydrogen-bond donors (Lipinski definition) is 0. The molecule has 0 radical (unpaired) electrons. The SMILES string of the molecule is Cc1ccc([C@@H]2CCCCCN2C(=O)CCN2C(=O)CCC2=O)o1. The lowest BCUT2D eigenvalue weighted by molar-refractivity contribution is -0.140. The third-order valence-electron chi connectivity index (χ3n) is 4.87. The van der Waals surface area contributed by atoms with Gasteiger partial charge in [0.15, 0.2) is 0 Å². The van der Waals surface area contributed by atoms with E-state index in [0.717, 1.165) is 37.2 Å². The minimum atomic E-state index is -0.165. The summed E-state index contributed by atoms with van der Waals surface area (Å²) in [4.78, 5) is 39.2. The molecule has 0 aliphatic carbocycles. The van der Waals surface area contributed by atoms with Gasteiger partial charge in [0.1, 0.15) is 11.5 Å². The summed E-state index contributed by atoms with van der Waals surface area (Å²) in [5.74, 6) is 1.33. The number of amides is 3. The molecule has 3 heterocycles. The zero-order chi connectivity index (χ0) is 17.1. The fourth-order valence-corrected chi connectivity index (χ4v) is 3.56. The van der Waals surface area contributed by atoms with E-state index >= 15 is 0 Å². The lowest BCUT2D eigenvalue weighted by Gasteiger charge is -2.29. The van der Waals surface area contributed by atoms with Gasteiger partial charge in [-0.2, -0.15) is 0 Å². The predicted molar refractivity (Wildman–Crippen MR) is 86.9 cm³/mol. The largest absolute Gasteiger partial charge is 0.464 e. The molecule has 6 heteroatoms. The summed E-state index contributed by atoms with van der Waals surface area (Å²) < 4.78 is 5.76. The van der Waals surface area contributed by atoms with Crippen molar-refractivity contribution in [1.82, 2.24) is 9.80 Å². The third kappa shape index (κ3) is 3.52. The van der Waals surface area contributed by atoms with Crippen LogP contribution in [0.5, 0.6) is 0 Å². The van der Waals surface area contributed by atoms with E-state index in [1.54, 1.807) is 0 Å². The number of nitrogens with zero attached hydrogens (tertiary/aromatic N) is 2. The highest BCUT2D eigenvalue weighted by atomic mass is 16.3. The molecule has 1 aromatic rings. The lowest BCUT2D eigenvalue weighted by atomic mass is 10.1. The van der Waals surface area contributed by atoms with Crippen LogP contribution in [0.1, 0.15) is 62.5 Å². The predicted octanol–water partition coefficient (Wildman–Crippen LogP) is 2.57. The molecule has 2 aliphatic heterocycles. The van der Waals surface area contributed by atoms with Crippen molar-refractivity contribution in [3.05, 3.63) is 23.7 Å². The molecule has 0 N–H and O–H groups in total. The van der Waals surface area contributed by atoms with Gasteiger partial charge in [-0.1, -0.05) is 12.8 Å². The van der Waals surface area contributed by atoms with E-state index in [1.165, 1.54) is 4.90 Å². The molecule has 0 spiro atoms. The van der Waals surface area contributed by atoms with E-state index in [2.05, 4.69) is 0 Å². The first-order valence-electron chi connectivity index (χ1n) is 8.75. The maximum Gasteiger partial charge on any atom is 0.229 e. The van der Waals surface area contributed by atoms with E-state index in [0.29, 0.717) is 6.54 Å². The average Bonchev–Trinajstić information content (AvgIpc) is 3.02. The Balaban J connectivity index is 1.68. The first kappa shape index (κ1) is 16.7. The molecule has 1 aromatic heterocycles. The quantitative estimate of drug-likeness (QED) is 0.795. The highest BCUT2D eigenvalue weighted by Gasteiger charge is 2.32. The van der Waals surface area contributed by atoms with E-state index < -0.39 is 0 Å². The molecule has 0 unspecified atom stereocenters. The molecular weight excluding hydrogens is 308 g/mol. The second-order valence-corrected chi connectivity index (χ2v) is 6.59. The van der Waals surface area contributed by atoms with Gasteiger partial charge >= 0.3 is 0 Å². The van der Waals surface area contributed by atoms with Gasteiger partial charge < -0.3 is 9.32 Å². The number of carbonyl (C=O) groups excluding carboxylic acids is 3. The number of rotatable bonds is 4. The number of furan rings is 1. The molecule has 3 amide bonds. The normalized spacial score (nSPS) is 22.1. The second kappa shape index (κ2) is 7.20. The zero-order valence-electron chi connectivity index (χ0n) is 14.1. The van der Waals surface area contributed by atoms with Crippen LogP contribution in [-0.2, 0) is 14.4 Å². The summed E-state index contributed by atoms with van der Waals surface area (Å²) in [5.41, 5.74) is 0. The fraction of sp³-hybridized carbons (Fsp3) is 0.611. The maximum atomic E-state index is 12.7. The van der Waals surface area contributed by atoms with Crippen molar-refractivity contribution in [2.24, 2.45) is 0 Å². The maximum absolute atomic E-state index is 12.7. The Kier molecular flexibility index (Phi) is 5.02. The number of carbonyl (C=O) groups is 3. The third-order valence-corrected chi connectivity index (χ3v) is 4.87. The van der Waals surface area contributed by atoms with Gasteiger partial charge in [0, 0.05) is 32.4 Å². The van der Waals surface area contributed by atoms with Gasteiger partial charge in [0.2, 0.25) is 17.7 Å². The molecule has 0 aromatic carbocycles. The van der Waals surface area contributed by atoms with Gasteiger partial charge in [0.25, 0.3) is 0 Å². The molecule has 2 saturated heterocycles.